The fourth-order valence-corrected chi connectivity index (χ4v) is 3.75. The van der Waals surface area contributed by atoms with Crippen molar-refractivity contribution in [2.24, 2.45) is 5.92 Å². The number of hydrogen-bond donors (Lipinski definition) is 1. The van der Waals surface area contributed by atoms with Crippen molar-refractivity contribution in [2.45, 2.75) is 25.7 Å². The maximum absolute atomic E-state index is 12.6. The molecule has 2 aliphatic rings. The Hall–Kier alpha value is -1.79. The van der Waals surface area contributed by atoms with E-state index in [1.54, 1.807) is 19.2 Å². The molecule has 0 unspecified atom stereocenters. The fraction of sp³-hybridized carbons (Fsp3) is 0.600. The molecule has 0 bridgehead atoms. The predicted octanol–water partition coefficient (Wildman–Crippen LogP) is 2.18. The van der Waals surface area contributed by atoms with Gasteiger partial charge in [0.2, 0.25) is 5.91 Å². The Bertz CT molecular complexity index is 627. The first-order valence-corrected chi connectivity index (χ1v) is 9.59. The highest BCUT2D eigenvalue weighted by Crippen LogP contribution is 2.19. The number of piperazine rings is 1. The summed E-state index contributed by atoms with van der Waals surface area (Å²) in [5, 5.41) is 3.36. The summed E-state index contributed by atoms with van der Waals surface area (Å²) in [5.41, 5.74) is 0.634. The zero-order valence-corrected chi connectivity index (χ0v) is 16.8. The van der Waals surface area contributed by atoms with E-state index in [-0.39, 0.29) is 24.2 Å². The largest absolute Gasteiger partial charge is 0.497 e. The number of halogens is 1. The third kappa shape index (κ3) is 5.84. The van der Waals surface area contributed by atoms with Gasteiger partial charge in [0.15, 0.2) is 0 Å². The van der Waals surface area contributed by atoms with Crippen LogP contribution in [0.2, 0.25) is 0 Å². The zero-order valence-electron chi connectivity index (χ0n) is 16.0. The molecular formula is C20H30ClN3O3. The van der Waals surface area contributed by atoms with E-state index in [9.17, 15) is 9.59 Å². The van der Waals surface area contributed by atoms with Crippen LogP contribution in [0.25, 0.3) is 0 Å². The number of nitrogens with one attached hydrogen (secondary N) is 1. The maximum atomic E-state index is 12.6. The Morgan fingerprint density at radius 2 is 1.78 bits per heavy atom. The van der Waals surface area contributed by atoms with Crippen molar-refractivity contribution in [3.05, 3.63) is 29.8 Å². The molecule has 2 saturated heterocycles. The Balaban J connectivity index is 0.00000261. The Morgan fingerprint density at radius 1 is 1.11 bits per heavy atom. The minimum Gasteiger partial charge on any atom is -0.497 e. The second-order valence-electron chi connectivity index (χ2n) is 7.14. The normalized spacial score (nSPS) is 18.0. The van der Waals surface area contributed by atoms with Crippen molar-refractivity contribution in [1.29, 1.82) is 0 Å². The van der Waals surface area contributed by atoms with Crippen molar-refractivity contribution in [3.63, 3.8) is 0 Å². The number of carbonyl (C=O) groups excluding carboxylic acids is 2. The fourth-order valence-electron chi connectivity index (χ4n) is 3.75. The second-order valence-corrected chi connectivity index (χ2v) is 7.14. The molecule has 0 radical (unpaired) electrons. The van der Waals surface area contributed by atoms with E-state index in [0.717, 1.165) is 19.5 Å². The quantitative estimate of drug-likeness (QED) is 0.830. The third-order valence-electron chi connectivity index (χ3n) is 5.46. The first-order chi connectivity index (χ1) is 12.7. The van der Waals surface area contributed by atoms with Crippen molar-refractivity contribution in [1.82, 2.24) is 15.1 Å². The van der Waals surface area contributed by atoms with Gasteiger partial charge in [0.05, 0.1) is 7.11 Å². The molecule has 0 spiro atoms. The van der Waals surface area contributed by atoms with Gasteiger partial charge in [-0.3, -0.25) is 9.59 Å². The number of hydrogen-bond acceptors (Lipinski definition) is 4. The summed E-state index contributed by atoms with van der Waals surface area (Å²) in [6, 6.07) is 7.22. The average Bonchev–Trinajstić information content (AvgIpc) is 2.72. The lowest BCUT2D eigenvalue weighted by Gasteiger charge is -2.35. The molecule has 150 valence electrons. The van der Waals surface area contributed by atoms with Crippen molar-refractivity contribution < 1.29 is 14.3 Å². The van der Waals surface area contributed by atoms with E-state index < -0.39 is 0 Å². The number of benzene rings is 1. The molecular weight excluding hydrogens is 366 g/mol. The van der Waals surface area contributed by atoms with Gasteiger partial charge < -0.3 is 19.9 Å². The van der Waals surface area contributed by atoms with E-state index in [1.165, 1.54) is 12.8 Å². The SMILES string of the molecule is COc1cccc(C(=O)N2CCN(C(=O)CCC3CCNCC3)CC2)c1.Cl. The Kier molecular flexibility index (Phi) is 8.38. The van der Waals surface area contributed by atoms with Crippen LogP contribution in [0.5, 0.6) is 5.75 Å². The van der Waals surface area contributed by atoms with Gasteiger partial charge in [-0.05, 0) is 56.5 Å². The van der Waals surface area contributed by atoms with Gasteiger partial charge in [-0.15, -0.1) is 12.4 Å². The summed E-state index contributed by atoms with van der Waals surface area (Å²) in [6.07, 6.45) is 3.98. The van der Waals surface area contributed by atoms with Gasteiger partial charge in [-0.1, -0.05) is 6.07 Å². The van der Waals surface area contributed by atoms with E-state index >= 15 is 0 Å². The molecule has 0 aromatic heterocycles. The summed E-state index contributed by atoms with van der Waals surface area (Å²) in [4.78, 5) is 28.8. The van der Waals surface area contributed by atoms with E-state index in [2.05, 4.69) is 5.32 Å². The molecule has 2 aliphatic heterocycles. The number of methoxy groups -OCH3 is 1. The summed E-state index contributed by atoms with van der Waals surface area (Å²) >= 11 is 0. The Morgan fingerprint density at radius 3 is 2.44 bits per heavy atom. The van der Waals surface area contributed by atoms with E-state index in [1.807, 2.05) is 21.9 Å². The molecule has 7 heteroatoms. The molecule has 2 fully saturated rings. The third-order valence-corrected chi connectivity index (χ3v) is 5.46. The number of ether oxygens (including phenoxy) is 1. The first kappa shape index (κ1) is 21.5. The van der Waals surface area contributed by atoms with Gasteiger partial charge in [0.1, 0.15) is 5.75 Å². The summed E-state index contributed by atoms with van der Waals surface area (Å²) in [6.45, 7) is 4.58. The molecule has 27 heavy (non-hydrogen) atoms. The topological polar surface area (TPSA) is 61.9 Å². The highest BCUT2D eigenvalue weighted by atomic mass is 35.5. The summed E-state index contributed by atoms with van der Waals surface area (Å²) in [7, 11) is 1.60. The predicted molar refractivity (Wildman–Crippen MR) is 108 cm³/mol. The van der Waals surface area contributed by atoms with E-state index in [0.29, 0.717) is 49.8 Å². The first-order valence-electron chi connectivity index (χ1n) is 9.59. The van der Waals surface area contributed by atoms with Crippen molar-refractivity contribution >= 4 is 24.2 Å². The van der Waals surface area contributed by atoms with Crippen LogP contribution in [0.4, 0.5) is 0 Å². The number of piperidine rings is 1. The van der Waals surface area contributed by atoms with Crippen LogP contribution in [0, 0.1) is 5.92 Å². The van der Waals surface area contributed by atoms with Crippen LogP contribution in [-0.4, -0.2) is 68.0 Å². The van der Waals surface area contributed by atoms with Gasteiger partial charge in [-0.25, -0.2) is 0 Å². The highest BCUT2D eigenvalue weighted by molar-refractivity contribution is 5.94. The zero-order chi connectivity index (χ0) is 18.4. The minimum absolute atomic E-state index is 0. The molecule has 3 rings (SSSR count). The monoisotopic (exact) mass is 395 g/mol. The molecule has 0 saturated carbocycles. The van der Waals surface area contributed by atoms with Gasteiger partial charge in [0, 0.05) is 38.2 Å². The van der Waals surface area contributed by atoms with Crippen LogP contribution in [-0.2, 0) is 4.79 Å². The second kappa shape index (κ2) is 10.5. The minimum atomic E-state index is 0. The molecule has 0 atom stereocenters. The van der Waals surface area contributed by atoms with Gasteiger partial charge in [-0.2, -0.15) is 0 Å². The van der Waals surface area contributed by atoms with Gasteiger partial charge in [0.25, 0.3) is 5.91 Å². The van der Waals surface area contributed by atoms with Crippen molar-refractivity contribution in [2.75, 3.05) is 46.4 Å². The van der Waals surface area contributed by atoms with Crippen LogP contribution >= 0.6 is 12.4 Å². The smallest absolute Gasteiger partial charge is 0.254 e. The molecule has 0 aliphatic carbocycles. The summed E-state index contributed by atoms with van der Waals surface area (Å²) < 4.78 is 5.19. The number of nitrogens with zero attached hydrogens (tertiary/aromatic N) is 2. The molecule has 2 amide bonds. The number of carbonyl (C=O) groups is 2. The summed E-state index contributed by atoms with van der Waals surface area (Å²) in [5.74, 6) is 1.60. The number of rotatable bonds is 5. The van der Waals surface area contributed by atoms with Gasteiger partial charge >= 0.3 is 0 Å². The van der Waals surface area contributed by atoms with Crippen LogP contribution < -0.4 is 10.1 Å². The van der Waals surface area contributed by atoms with Crippen molar-refractivity contribution in [3.8, 4) is 5.75 Å². The standard InChI is InChI=1S/C20H29N3O3.ClH/c1-26-18-4-2-3-17(15-18)20(25)23-13-11-22(12-14-23)19(24)6-5-16-7-9-21-10-8-16;/h2-4,15-16,21H,5-14H2,1H3;1H. The molecule has 1 aromatic carbocycles. The number of amides is 2. The molecule has 1 N–H and O–H groups in total. The van der Waals surface area contributed by atoms with Crippen LogP contribution in [0.15, 0.2) is 24.3 Å². The highest BCUT2D eigenvalue weighted by Gasteiger charge is 2.25. The van der Waals surface area contributed by atoms with E-state index in [4.69, 9.17) is 4.74 Å². The lowest BCUT2D eigenvalue weighted by atomic mass is 9.93. The maximum Gasteiger partial charge on any atom is 0.254 e. The Labute approximate surface area is 167 Å². The lowest BCUT2D eigenvalue weighted by Crippen LogP contribution is -2.50. The average molecular weight is 396 g/mol. The molecule has 2 heterocycles. The van der Waals surface area contributed by atoms with Crippen LogP contribution in [0.3, 0.4) is 0 Å². The lowest BCUT2D eigenvalue weighted by molar-refractivity contribution is -0.133. The molecule has 1 aromatic rings. The molecule has 6 nitrogen and oxygen atoms in total. The van der Waals surface area contributed by atoms with Crippen LogP contribution in [0.1, 0.15) is 36.0 Å².